The molecule has 1 atom stereocenters. The van der Waals surface area contributed by atoms with Gasteiger partial charge in [0.1, 0.15) is 17.4 Å². The summed E-state index contributed by atoms with van der Waals surface area (Å²) >= 11 is 0. The van der Waals surface area contributed by atoms with Crippen LogP contribution in [0.2, 0.25) is 0 Å². The number of carboxylic acids is 2. The quantitative estimate of drug-likeness (QED) is 0.847. The first kappa shape index (κ1) is 14.6. The van der Waals surface area contributed by atoms with Crippen LogP contribution in [0.1, 0.15) is 27.8 Å². The van der Waals surface area contributed by atoms with Gasteiger partial charge in [-0.1, -0.05) is 12.1 Å². The van der Waals surface area contributed by atoms with Crippen molar-refractivity contribution in [3.8, 4) is 5.75 Å². The number of benzene rings is 1. The van der Waals surface area contributed by atoms with E-state index < -0.39 is 17.9 Å². The Labute approximate surface area is 120 Å². The Balaban J connectivity index is 2.26. The Morgan fingerprint density at radius 1 is 1.24 bits per heavy atom. The van der Waals surface area contributed by atoms with Crippen molar-refractivity contribution in [3.63, 3.8) is 0 Å². The molecule has 6 heteroatoms. The number of furan rings is 1. The van der Waals surface area contributed by atoms with Crippen molar-refractivity contribution in [1.82, 2.24) is 0 Å². The molecule has 21 heavy (non-hydrogen) atoms. The van der Waals surface area contributed by atoms with Crippen LogP contribution in [0.4, 0.5) is 0 Å². The van der Waals surface area contributed by atoms with Gasteiger partial charge in [-0.05, 0) is 36.2 Å². The van der Waals surface area contributed by atoms with E-state index in [2.05, 4.69) is 0 Å². The molecule has 0 amide bonds. The largest absolute Gasteiger partial charge is 0.497 e. The van der Waals surface area contributed by atoms with Crippen LogP contribution in [0.25, 0.3) is 0 Å². The molecule has 1 heterocycles. The number of ether oxygens (including phenoxy) is 1. The van der Waals surface area contributed by atoms with Crippen LogP contribution < -0.4 is 4.74 Å². The number of rotatable bonds is 6. The lowest BCUT2D eigenvalue weighted by Crippen LogP contribution is -2.14. The van der Waals surface area contributed by atoms with Gasteiger partial charge in [-0.3, -0.25) is 4.79 Å². The van der Waals surface area contributed by atoms with Gasteiger partial charge >= 0.3 is 11.9 Å². The molecule has 1 unspecified atom stereocenters. The zero-order valence-corrected chi connectivity index (χ0v) is 11.3. The zero-order chi connectivity index (χ0) is 15.4. The van der Waals surface area contributed by atoms with Crippen molar-refractivity contribution >= 4 is 11.9 Å². The second kappa shape index (κ2) is 6.13. The first-order valence-electron chi connectivity index (χ1n) is 6.20. The monoisotopic (exact) mass is 290 g/mol. The summed E-state index contributed by atoms with van der Waals surface area (Å²) in [5.74, 6) is -2.80. The molecular formula is C15H14O6. The molecule has 0 fully saturated rings. The summed E-state index contributed by atoms with van der Waals surface area (Å²) in [6.07, 6.45) is 0.180. The minimum atomic E-state index is -1.23. The third-order valence-electron chi connectivity index (χ3n) is 3.05. The molecular weight excluding hydrogens is 276 g/mol. The van der Waals surface area contributed by atoms with Crippen molar-refractivity contribution in [2.75, 3.05) is 7.11 Å². The van der Waals surface area contributed by atoms with E-state index in [-0.39, 0.29) is 17.9 Å². The van der Waals surface area contributed by atoms with Crippen LogP contribution in [0.3, 0.4) is 0 Å². The van der Waals surface area contributed by atoms with Crippen molar-refractivity contribution < 1.29 is 29.0 Å². The van der Waals surface area contributed by atoms with Crippen LogP contribution in [0, 0.1) is 0 Å². The van der Waals surface area contributed by atoms with Gasteiger partial charge in [0, 0.05) is 0 Å². The third kappa shape index (κ3) is 3.42. The smallest absolute Gasteiger partial charge is 0.371 e. The van der Waals surface area contributed by atoms with E-state index in [1.165, 1.54) is 19.2 Å². The van der Waals surface area contributed by atoms with Crippen molar-refractivity contribution in [2.24, 2.45) is 0 Å². The summed E-state index contributed by atoms with van der Waals surface area (Å²) in [5.41, 5.74) is 0.759. The molecule has 1 aromatic carbocycles. The van der Waals surface area contributed by atoms with Crippen LogP contribution in [-0.2, 0) is 11.2 Å². The average molecular weight is 290 g/mol. The fourth-order valence-electron chi connectivity index (χ4n) is 2.00. The number of hydrogen-bond acceptors (Lipinski definition) is 4. The Bertz CT molecular complexity index is 658. The van der Waals surface area contributed by atoms with E-state index in [0.29, 0.717) is 5.75 Å². The third-order valence-corrected chi connectivity index (χ3v) is 3.05. The summed E-state index contributed by atoms with van der Waals surface area (Å²) in [4.78, 5) is 22.2. The normalized spacial score (nSPS) is 11.9. The van der Waals surface area contributed by atoms with Crippen molar-refractivity contribution in [2.45, 2.75) is 12.3 Å². The van der Waals surface area contributed by atoms with Crippen LogP contribution in [-0.4, -0.2) is 29.3 Å². The highest BCUT2D eigenvalue weighted by Gasteiger charge is 2.25. The van der Waals surface area contributed by atoms with Gasteiger partial charge in [0.05, 0.1) is 7.11 Å². The van der Waals surface area contributed by atoms with E-state index in [9.17, 15) is 14.7 Å². The van der Waals surface area contributed by atoms with Gasteiger partial charge in [0.25, 0.3) is 0 Å². The molecule has 2 aromatic rings. The van der Waals surface area contributed by atoms with Gasteiger partial charge in [-0.25, -0.2) is 4.79 Å². The van der Waals surface area contributed by atoms with E-state index >= 15 is 0 Å². The molecule has 0 radical (unpaired) electrons. The lowest BCUT2D eigenvalue weighted by Gasteiger charge is -2.10. The first-order valence-corrected chi connectivity index (χ1v) is 6.20. The van der Waals surface area contributed by atoms with Gasteiger partial charge in [0.15, 0.2) is 0 Å². The fraction of sp³-hybridized carbons (Fsp3) is 0.200. The number of methoxy groups -OCH3 is 1. The highest BCUT2D eigenvalue weighted by atomic mass is 16.5. The Hall–Kier alpha value is -2.76. The molecule has 110 valence electrons. The standard InChI is InChI=1S/C15H14O6/c1-20-10-4-2-3-9(7-10)8-11(14(16)17)12-5-6-13(21-12)15(18)19/h2-7,11H,8H2,1H3,(H,16,17)(H,18,19). The topological polar surface area (TPSA) is 97.0 Å². The van der Waals surface area contributed by atoms with Gasteiger partial charge in [-0.15, -0.1) is 0 Å². The van der Waals surface area contributed by atoms with Gasteiger partial charge in [-0.2, -0.15) is 0 Å². The van der Waals surface area contributed by atoms with E-state index in [4.69, 9.17) is 14.3 Å². The summed E-state index contributed by atoms with van der Waals surface area (Å²) < 4.78 is 10.2. The molecule has 1 aromatic heterocycles. The van der Waals surface area contributed by atoms with E-state index in [1.807, 2.05) is 0 Å². The minimum absolute atomic E-state index is 0.114. The Kier molecular flexibility index (Phi) is 4.27. The zero-order valence-electron chi connectivity index (χ0n) is 11.3. The summed E-state index contributed by atoms with van der Waals surface area (Å²) in [7, 11) is 1.53. The maximum Gasteiger partial charge on any atom is 0.371 e. The molecule has 0 aliphatic rings. The number of carboxylic acid groups (broad SMARTS) is 2. The van der Waals surface area contributed by atoms with Gasteiger partial charge in [0.2, 0.25) is 5.76 Å². The summed E-state index contributed by atoms with van der Waals surface area (Å²) in [6, 6.07) is 9.66. The van der Waals surface area contributed by atoms with Crippen molar-refractivity contribution in [1.29, 1.82) is 0 Å². The lowest BCUT2D eigenvalue weighted by molar-refractivity contribution is -0.139. The number of carbonyl (C=O) groups is 2. The molecule has 6 nitrogen and oxygen atoms in total. The van der Waals surface area contributed by atoms with Gasteiger partial charge < -0.3 is 19.4 Å². The van der Waals surface area contributed by atoms with Crippen LogP contribution >= 0.6 is 0 Å². The Morgan fingerprint density at radius 2 is 2.00 bits per heavy atom. The average Bonchev–Trinajstić information content (AvgIpc) is 2.94. The maximum atomic E-state index is 11.4. The number of aromatic carboxylic acids is 1. The van der Waals surface area contributed by atoms with Crippen molar-refractivity contribution in [3.05, 3.63) is 53.5 Å². The number of aliphatic carboxylic acids is 1. The lowest BCUT2D eigenvalue weighted by atomic mass is 9.97. The summed E-state index contributed by atoms with van der Waals surface area (Å²) in [6.45, 7) is 0. The minimum Gasteiger partial charge on any atom is -0.497 e. The molecule has 2 N–H and O–H groups in total. The Morgan fingerprint density at radius 3 is 2.57 bits per heavy atom. The molecule has 0 saturated carbocycles. The maximum absolute atomic E-state index is 11.4. The van der Waals surface area contributed by atoms with Crippen LogP contribution in [0.15, 0.2) is 40.8 Å². The molecule has 0 bridgehead atoms. The molecule has 0 aliphatic heterocycles. The molecule has 0 saturated heterocycles. The second-order valence-corrected chi connectivity index (χ2v) is 4.45. The molecule has 0 aliphatic carbocycles. The molecule has 0 spiro atoms. The number of hydrogen-bond donors (Lipinski definition) is 2. The predicted octanol–water partition coefficient (Wildman–Crippen LogP) is 2.40. The highest BCUT2D eigenvalue weighted by molar-refractivity contribution is 5.84. The van der Waals surface area contributed by atoms with E-state index in [0.717, 1.165) is 5.56 Å². The molecule has 2 rings (SSSR count). The fourth-order valence-corrected chi connectivity index (χ4v) is 2.00. The van der Waals surface area contributed by atoms with Crippen LogP contribution in [0.5, 0.6) is 5.75 Å². The predicted molar refractivity (Wildman–Crippen MR) is 72.7 cm³/mol. The highest BCUT2D eigenvalue weighted by Crippen LogP contribution is 2.25. The van der Waals surface area contributed by atoms with E-state index in [1.54, 1.807) is 24.3 Å². The SMILES string of the molecule is COc1cccc(CC(C(=O)O)c2ccc(C(=O)O)o2)c1. The summed E-state index contributed by atoms with van der Waals surface area (Å²) in [5, 5.41) is 18.1. The second-order valence-electron chi connectivity index (χ2n) is 4.45. The first-order chi connectivity index (χ1) is 10.0.